The van der Waals surface area contributed by atoms with Crippen molar-refractivity contribution in [3.63, 3.8) is 0 Å². The Morgan fingerprint density at radius 2 is 2.03 bits per heavy atom. The van der Waals surface area contributed by atoms with E-state index in [0.29, 0.717) is 32.7 Å². The fraction of sp³-hybridized carbons (Fsp3) is 0.458. The first kappa shape index (κ1) is 25.0. The number of aliphatic hydroxyl groups excluding tert-OH is 2. The van der Waals surface area contributed by atoms with Crippen LogP contribution in [-0.2, 0) is 13.0 Å². The van der Waals surface area contributed by atoms with Gasteiger partial charge >= 0.3 is 12.0 Å². The van der Waals surface area contributed by atoms with Crippen LogP contribution in [0.2, 0.25) is 0 Å². The van der Waals surface area contributed by atoms with Gasteiger partial charge in [-0.15, -0.1) is 11.3 Å². The number of thiophene rings is 1. The Morgan fingerprint density at radius 3 is 2.74 bits per heavy atom. The average Bonchev–Trinajstić information content (AvgIpc) is 3.33. The molecule has 3 heterocycles. The third-order valence-corrected chi connectivity index (χ3v) is 6.98. The molecule has 0 radical (unpaired) electrons. The Kier molecular flexibility index (Phi) is 8.21. The SMILES string of the molecule is CCc1cc2c(N3CCN(C(=O)NCc4cccc(OC)c4)CC3)nc(OC[C@H](O)CO)nc2s1. The Bertz CT molecular complexity index is 1150. The highest BCUT2D eigenvalue weighted by Crippen LogP contribution is 2.33. The second-order valence-electron chi connectivity index (χ2n) is 8.25. The molecule has 1 aromatic carbocycles. The molecule has 3 N–H and O–H groups in total. The fourth-order valence-electron chi connectivity index (χ4n) is 3.83. The average molecular weight is 502 g/mol. The van der Waals surface area contributed by atoms with Crippen molar-refractivity contribution in [3.05, 3.63) is 40.8 Å². The zero-order valence-electron chi connectivity index (χ0n) is 19.9. The Labute approximate surface area is 208 Å². The molecule has 1 aliphatic heterocycles. The molecule has 11 heteroatoms. The van der Waals surface area contributed by atoms with Crippen LogP contribution >= 0.6 is 11.3 Å². The van der Waals surface area contributed by atoms with E-state index in [2.05, 4.69) is 33.2 Å². The topological polar surface area (TPSA) is 120 Å². The highest BCUT2D eigenvalue weighted by atomic mass is 32.1. The molecule has 2 amide bonds. The van der Waals surface area contributed by atoms with E-state index in [9.17, 15) is 9.90 Å². The lowest BCUT2D eigenvalue weighted by molar-refractivity contribution is 0.0506. The number of nitrogens with zero attached hydrogens (tertiary/aromatic N) is 4. The number of rotatable bonds is 9. The van der Waals surface area contributed by atoms with Gasteiger partial charge in [-0.25, -0.2) is 4.79 Å². The quantitative estimate of drug-likeness (QED) is 0.407. The van der Waals surface area contributed by atoms with Gasteiger partial charge in [-0.05, 0) is 30.2 Å². The van der Waals surface area contributed by atoms with Gasteiger partial charge in [0.05, 0.1) is 19.1 Å². The lowest BCUT2D eigenvalue weighted by Gasteiger charge is -2.35. The molecule has 0 unspecified atom stereocenters. The number of benzene rings is 1. The maximum absolute atomic E-state index is 12.7. The van der Waals surface area contributed by atoms with Crippen LogP contribution in [0.15, 0.2) is 30.3 Å². The summed E-state index contributed by atoms with van der Waals surface area (Å²) >= 11 is 1.59. The molecule has 10 nitrogen and oxygen atoms in total. The molecule has 0 aliphatic carbocycles. The number of methoxy groups -OCH3 is 1. The van der Waals surface area contributed by atoms with Gasteiger partial charge in [0.1, 0.15) is 29.1 Å². The molecule has 1 aliphatic rings. The molecule has 188 valence electrons. The summed E-state index contributed by atoms with van der Waals surface area (Å²) in [6.07, 6.45) is -0.104. The Balaban J connectivity index is 1.41. The van der Waals surface area contributed by atoms with Crippen molar-refractivity contribution in [2.45, 2.75) is 26.0 Å². The Hall–Kier alpha value is -3.15. The number of carbonyl (C=O) groups is 1. The monoisotopic (exact) mass is 501 g/mol. The highest BCUT2D eigenvalue weighted by molar-refractivity contribution is 7.18. The summed E-state index contributed by atoms with van der Waals surface area (Å²) in [5.41, 5.74) is 0.975. The van der Waals surface area contributed by atoms with E-state index in [4.69, 9.17) is 14.6 Å². The largest absolute Gasteiger partial charge is 0.497 e. The van der Waals surface area contributed by atoms with Crippen LogP contribution in [0.4, 0.5) is 10.6 Å². The predicted molar refractivity (Wildman–Crippen MR) is 134 cm³/mol. The summed E-state index contributed by atoms with van der Waals surface area (Å²) < 4.78 is 10.8. The first-order valence-corrected chi connectivity index (χ1v) is 12.4. The maximum Gasteiger partial charge on any atom is 0.319 e. The van der Waals surface area contributed by atoms with Crippen molar-refractivity contribution in [1.29, 1.82) is 0 Å². The number of anilines is 1. The van der Waals surface area contributed by atoms with Crippen LogP contribution in [0, 0.1) is 0 Å². The molecule has 4 rings (SSSR count). The van der Waals surface area contributed by atoms with Gasteiger partial charge in [0.2, 0.25) is 0 Å². The van der Waals surface area contributed by atoms with Crippen LogP contribution in [0.1, 0.15) is 17.4 Å². The normalized spacial score (nSPS) is 14.7. The minimum absolute atomic E-state index is 0.0886. The van der Waals surface area contributed by atoms with E-state index in [-0.39, 0.29) is 18.6 Å². The first-order chi connectivity index (χ1) is 17.0. The lowest BCUT2D eigenvalue weighted by Crippen LogP contribution is -2.52. The van der Waals surface area contributed by atoms with Gasteiger partial charge in [0.25, 0.3) is 0 Å². The summed E-state index contributed by atoms with van der Waals surface area (Å²) in [5.74, 6) is 1.52. The number of aliphatic hydroxyl groups is 2. The number of fused-ring (bicyclic) bond motifs is 1. The molecule has 0 saturated carbocycles. The molecular formula is C24H31N5O5S. The number of amides is 2. The van der Waals surface area contributed by atoms with Gasteiger partial charge < -0.3 is 34.8 Å². The zero-order chi connectivity index (χ0) is 24.8. The van der Waals surface area contributed by atoms with E-state index in [1.165, 1.54) is 4.88 Å². The number of ether oxygens (including phenoxy) is 2. The first-order valence-electron chi connectivity index (χ1n) is 11.6. The van der Waals surface area contributed by atoms with E-state index >= 15 is 0 Å². The minimum Gasteiger partial charge on any atom is -0.497 e. The number of aromatic nitrogens is 2. The van der Waals surface area contributed by atoms with Crippen molar-refractivity contribution in [2.75, 3.05) is 51.4 Å². The zero-order valence-corrected chi connectivity index (χ0v) is 20.8. The molecule has 1 saturated heterocycles. The van der Waals surface area contributed by atoms with Gasteiger partial charge in [0.15, 0.2) is 0 Å². The van der Waals surface area contributed by atoms with Crippen molar-refractivity contribution in [2.24, 2.45) is 0 Å². The van der Waals surface area contributed by atoms with E-state index in [1.807, 2.05) is 24.3 Å². The molecule has 0 spiro atoms. The molecule has 1 fully saturated rings. The second kappa shape index (κ2) is 11.5. The number of piperazine rings is 1. The van der Waals surface area contributed by atoms with Crippen molar-refractivity contribution >= 4 is 33.4 Å². The van der Waals surface area contributed by atoms with Gasteiger partial charge in [-0.3, -0.25) is 0 Å². The number of hydrogen-bond acceptors (Lipinski definition) is 9. The van der Waals surface area contributed by atoms with Crippen molar-refractivity contribution in [1.82, 2.24) is 20.2 Å². The number of urea groups is 1. The van der Waals surface area contributed by atoms with Gasteiger partial charge in [0, 0.05) is 37.6 Å². The van der Waals surface area contributed by atoms with Crippen LogP contribution in [0.5, 0.6) is 11.8 Å². The summed E-state index contributed by atoms with van der Waals surface area (Å²) in [5, 5.41) is 22.6. The molecular weight excluding hydrogens is 470 g/mol. The number of carbonyl (C=O) groups excluding carboxylic acids is 1. The van der Waals surface area contributed by atoms with Crippen LogP contribution in [-0.4, -0.2) is 83.7 Å². The number of hydrogen-bond donors (Lipinski definition) is 3. The highest BCUT2D eigenvalue weighted by Gasteiger charge is 2.25. The van der Waals surface area contributed by atoms with E-state index in [0.717, 1.165) is 33.8 Å². The molecule has 3 aromatic rings. The lowest BCUT2D eigenvalue weighted by atomic mass is 10.2. The molecule has 1 atom stereocenters. The predicted octanol–water partition coefficient (Wildman–Crippen LogP) is 2.03. The molecule has 35 heavy (non-hydrogen) atoms. The molecule has 0 bridgehead atoms. The van der Waals surface area contributed by atoms with Crippen LogP contribution < -0.4 is 19.7 Å². The summed E-state index contributed by atoms with van der Waals surface area (Å²) in [7, 11) is 1.62. The number of nitrogens with one attached hydrogen (secondary N) is 1. The number of aryl methyl sites for hydroxylation is 1. The van der Waals surface area contributed by atoms with Gasteiger partial charge in [-0.1, -0.05) is 19.1 Å². The van der Waals surface area contributed by atoms with E-state index in [1.54, 1.807) is 23.3 Å². The summed E-state index contributed by atoms with van der Waals surface area (Å²) in [6, 6.07) is 9.80. The second-order valence-corrected chi connectivity index (χ2v) is 9.36. The van der Waals surface area contributed by atoms with Crippen molar-refractivity contribution in [3.8, 4) is 11.8 Å². The standard InChI is InChI=1S/C24H31N5O5S/c1-3-19-12-20-21(26-23(27-22(20)35-19)34-15-17(31)14-30)28-7-9-29(10-8-28)24(32)25-13-16-5-4-6-18(11-16)33-2/h4-6,11-12,17,30-31H,3,7-10,13-15H2,1-2H3,(H,25,32)/t17-/m1/s1. The third kappa shape index (κ3) is 6.11. The van der Waals surface area contributed by atoms with Crippen LogP contribution in [0.25, 0.3) is 10.2 Å². The molecule has 2 aromatic heterocycles. The third-order valence-electron chi connectivity index (χ3n) is 5.81. The minimum atomic E-state index is -0.994. The van der Waals surface area contributed by atoms with E-state index < -0.39 is 12.7 Å². The fourth-order valence-corrected chi connectivity index (χ4v) is 4.79. The van der Waals surface area contributed by atoms with Crippen LogP contribution in [0.3, 0.4) is 0 Å². The maximum atomic E-state index is 12.7. The van der Waals surface area contributed by atoms with Gasteiger partial charge in [-0.2, -0.15) is 9.97 Å². The summed E-state index contributed by atoms with van der Waals surface area (Å²) in [6.45, 7) is 4.39. The smallest absolute Gasteiger partial charge is 0.319 e. The Morgan fingerprint density at radius 1 is 1.23 bits per heavy atom. The summed E-state index contributed by atoms with van der Waals surface area (Å²) in [4.78, 5) is 27.8. The van der Waals surface area contributed by atoms with Crippen molar-refractivity contribution < 1.29 is 24.5 Å².